The minimum atomic E-state index is -0.0633. The summed E-state index contributed by atoms with van der Waals surface area (Å²) in [7, 11) is 4.05. The molecule has 166 valence electrons. The minimum absolute atomic E-state index is 0.0633. The lowest BCUT2D eigenvalue weighted by Gasteiger charge is -2.10. The third kappa shape index (κ3) is 4.36. The molecular weight excluding hydrogens is 412 g/mol. The fraction of sp³-hybridized carbons (Fsp3) is 0.192. The molecule has 0 unspecified atom stereocenters. The summed E-state index contributed by atoms with van der Waals surface area (Å²) in [6.07, 6.45) is 2.83. The lowest BCUT2D eigenvalue weighted by molar-refractivity contribution is 0.0952. The van der Waals surface area contributed by atoms with Gasteiger partial charge in [0.05, 0.1) is 11.9 Å². The van der Waals surface area contributed by atoms with Gasteiger partial charge in [0.25, 0.3) is 5.91 Å². The molecule has 2 aromatic heterocycles. The number of benzene rings is 3. The number of hydrogen-bond donors (Lipinski definition) is 2. The molecule has 0 saturated carbocycles. The second-order valence-electron chi connectivity index (χ2n) is 8.44. The highest BCUT2D eigenvalue weighted by atomic mass is 16.1. The Kier molecular flexibility index (Phi) is 5.62. The number of carbonyl (C=O) groups is 1. The van der Waals surface area contributed by atoms with Crippen molar-refractivity contribution in [1.82, 2.24) is 30.2 Å². The van der Waals surface area contributed by atoms with E-state index in [0.29, 0.717) is 12.1 Å². The highest BCUT2D eigenvalue weighted by Gasteiger charge is 2.10. The van der Waals surface area contributed by atoms with Gasteiger partial charge in [-0.05, 0) is 69.5 Å². The Bertz CT molecular complexity index is 1410. The summed E-state index contributed by atoms with van der Waals surface area (Å²) < 4.78 is 1.73. The minimum Gasteiger partial charge on any atom is -0.355 e. The molecule has 5 aromatic rings. The molecule has 0 radical (unpaired) electrons. The summed E-state index contributed by atoms with van der Waals surface area (Å²) >= 11 is 0. The van der Waals surface area contributed by atoms with Gasteiger partial charge < -0.3 is 15.2 Å². The Labute approximate surface area is 192 Å². The molecule has 0 aliphatic carbocycles. The smallest absolute Gasteiger partial charge is 0.251 e. The molecule has 0 saturated heterocycles. The van der Waals surface area contributed by atoms with Gasteiger partial charge in [-0.15, -0.1) is 5.10 Å². The van der Waals surface area contributed by atoms with E-state index < -0.39 is 0 Å². The predicted molar refractivity (Wildman–Crippen MR) is 132 cm³/mol. The number of fused-ring (bicyclic) bond motifs is 3. The van der Waals surface area contributed by atoms with Crippen LogP contribution in [-0.4, -0.2) is 58.0 Å². The van der Waals surface area contributed by atoms with E-state index in [0.717, 1.165) is 40.9 Å². The van der Waals surface area contributed by atoms with Crippen LogP contribution in [0.4, 0.5) is 0 Å². The summed E-state index contributed by atoms with van der Waals surface area (Å²) in [5, 5.41) is 14.0. The van der Waals surface area contributed by atoms with Crippen molar-refractivity contribution >= 4 is 27.7 Å². The number of nitrogens with zero attached hydrogens (tertiary/aromatic N) is 4. The van der Waals surface area contributed by atoms with E-state index >= 15 is 0 Å². The lowest BCUT2D eigenvalue weighted by atomic mass is 10.1. The summed E-state index contributed by atoms with van der Waals surface area (Å²) in [5.74, 6) is -0.0633. The first-order valence-corrected chi connectivity index (χ1v) is 11.0. The number of amides is 1. The van der Waals surface area contributed by atoms with Crippen molar-refractivity contribution < 1.29 is 4.79 Å². The van der Waals surface area contributed by atoms with Crippen molar-refractivity contribution in [3.05, 3.63) is 78.5 Å². The number of rotatable bonds is 7. The highest BCUT2D eigenvalue weighted by Crippen LogP contribution is 2.29. The molecule has 0 bridgehead atoms. The molecule has 2 N–H and O–H groups in total. The van der Waals surface area contributed by atoms with Gasteiger partial charge in [0.2, 0.25) is 0 Å². The number of H-pyrrole nitrogens is 1. The van der Waals surface area contributed by atoms with E-state index in [2.05, 4.69) is 55.8 Å². The van der Waals surface area contributed by atoms with Crippen molar-refractivity contribution in [2.45, 2.75) is 6.42 Å². The predicted octanol–water partition coefficient (Wildman–Crippen LogP) is 4.25. The van der Waals surface area contributed by atoms with Crippen molar-refractivity contribution in [3.8, 4) is 16.9 Å². The SMILES string of the molecule is CN(C)CCCNC(=O)c1ccc(-n2cc(-c3ccc4[nH]c5ccccc5c4c3)nn2)cc1. The van der Waals surface area contributed by atoms with Crippen LogP contribution < -0.4 is 5.32 Å². The van der Waals surface area contributed by atoms with Gasteiger partial charge >= 0.3 is 0 Å². The summed E-state index contributed by atoms with van der Waals surface area (Å²) in [6, 6.07) is 22.0. The Morgan fingerprint density at radius 1 is 1.00 bits per heavy atom. The van der Waals surface area contributed by atoms with E-state index in [1.54, 1.807) is 4.68 Å². The number of aromatic amines is 1. The topological polar surface area (TPSA) is 78.8 Å². The first-order valence-electron chi connectivity index (χ1n) is 11.0. The van der Waals surface area contributed by atoms with Gasteiger partial charge in [0.15, 0.2) is 0 Å². The van der Waals surface area contributed by atoms with Crippen LogP contribution >= 0.6 is 0 Å². The van der Waals surface area contributed by atoms with Gasteiger partial charge in [-0.2, -0.15) is 0 Å². The zero-order valence-electron chi connectivity index (χ0n) is 18.7. The van der Waals surface area contributed by atoms with Gasteiger partial charge in [-0.25, -0.2) is 4.68 Å². The Balaban J connectivity index is 1.32. The molecule has 3 aromatic carbocycles. The second-order valence-corrected chi connectivity index (χ2v) is 8.44. The molecule has 33 heavy (non-hydrogen) atoms. The number of para-hydroxylation sites is 1. The van der Waals surface area contributed by atoms with E-state index in [-0.39, 0.29) is 5.91 Å². The lowest BCUT2D eigenvalue weighted by Crippen LogP contribution is -2.27. The van der Waals surface area contributed by atoms with E-state index in [4.69, 9.17) is 0 Å². The van der Waals surface area contributed by atoms with E-state index in [9.17, 15) is 4.79 Å². The number of carbonyl (C=O) groups excluding carboxylic acids is 1. The van der Waals surface area contributed by atoms with Crippen molar-refractivity contribution in [3.63, 3.8) is 0 Å². The maximum Gasteiger partial charge on any atom is 0.251 e. The third-order valence-electron chi connectivity index (χ3n) is 5.76. The summed E-state index contributed by atoms with van der Waals surface area (Å²) in [4.78, 5) is 17.9. The van der Waals surface area contributed by atoms with Crippen LogP contribution in [-0.2, 0) is 0 Å². The van der Waals surface area contributed by atoms with Gasteiger partial charge in [0, 0.05) is 39.5 Å². The molecular formula is C26H26N6O. The largest absolute Gasteiger partial charge is 0.355 e. The zero-order valence-corrected chi connectivity index (χ0v) is 18.7. The van der Waals surface area contributed by atoms with E-state index in [1.807, 2.05) is 56.7 Å². The first kappa shape index (κ1) is 20.9. The average Bonchev–Trinajstić information content (AvgIpc) is 3.46. The summed E-state index contributed by atoms with van der Waals surface area (Å²) in [6.45, 7) is 1.60. The van der Waals surface area contributed by atoms with Crippen LogP contribution in [0.2, 0.25) is 0 Å². The normalized spacial score (nSPS) is 11.5. The molecule has 0 atom stereocenters. The van der Waals surface area contributed by atoms with Crippen LogP contribution in [0.25, 0.3) is 38.8 Å². The fourth-order valence-electron chi connectivity index (χ4n) is 3.99. The van der Waals surface area contributed by atoms with Crippen LogP contribution in [0.15, 0.2) is 72.9 Å². The van der Waals surface area contributed by atoms with Crippen LogP contribution in [0.5, 0.6) is 0 Å². The molecule has 0 aliphatic rings. The van der Waals surface area contributed by atoms with Gasteiger partial charge in [0.1, 0.15) is 5.69 Å². The Hall–Kier alpha value is -3.97. The molecule has 0 aliphatic heterocycles. The van der Waals surface area contributed by atoms with Crippen LogP contribution in [0, 0.1) is 0 Å². The quantitative estimate of drug-likeness (QED) is 0.372. The van der Waals surface area contributed by atoms with Crippen LogP contribution in [0.3, 0.4) is 0 Å². The molecule has 2 heterocycles. The number of nitrogens with one attached hydrogen (secondary N) is 2. The fourth-order valence-corrected chi connectivity index (χ4v) is 3.99. The molecule has 5 rings (SSSR count). The molecule has 7 nitrogen and oxygen atoms in total. The zero-order chi connectivity index (χ0) is 22.8. The maximum atomic E-state index is 12.3. The van der Waals surface area contributed by atoms with Gasteiger partial charge in [-0.3, -0.25) is 4.79 Å². The van der Waals surface area contributed by atoms with Crippen molar-refractivity contribution in [2.75, 3.05) is 27.2 Å². The van der Waals surface area contributed by atoms with Gasteiger partial charge in [-0.1, -0.05) is 29.5 Å². The molecule has 0 spiro atoms. The monoisotopic (exact) mass is 438 g/mol. The number of hydrogen-bond acceptors (Lipinski definition) is 4. The Morgan fingerprint density at radius 2 is 1.79 bits per heavy atom. The van der Waals surface area contributed by atoms with Crippen molar-refractivity contribution in [2.24, 2.45) is 0 Å². The summed E-state index contributed by atoms with van der Waals surface area (Å²) in [5.41, 5.74) is 5.51. The third-order valence-corrected chi connectivity index (χ3v) is 5.76. The maximum absolute atomic E-state index is 12.3. The average molecular weight is 439 g/mol. The molecule has 7 heteroatoms. The second kappa shape index (κ2) is 8.88. The number of aromatic nitrogens is 4. The molecule has 1 amide bonds. The Morgan fingerprint density at radius 3 is 2.61 bits per heavy atom. The van der Waals surface area contributed by atoms with E-state index in [1.165, 1.54) is 10.8 Å². The van der Waals surface area contributed by atoms with Crippen molar-refractivity contribution in [1.29, 1.82) is 0 Å². The molecule has 0 fully saturated rings. The first-order chi connectivity index (χ1) is 16.1. The standard InChI is InChI=1S/C26H26N6O/c1-31(2)15-5-14-27-26(33)18-8-11-20(12-9-18)32-17-25(29-30-32)19-10-13-24-22(16-19)21-6-3-4-7-23(21)28-24/h3-4,6-13,16-17,28H,5,14-15H2,1-2H3,(H,27,33). The highest BCUT2D eigenvalue weighted by molar-refractivity contribution is 6.08. The van der Waals surface area contributed by atoms with Crippen LogP contribution in [0.1, 0.15) is 16.8 Å².